The van der Waals surface area contributed by atoms with Crippen molar-refractivity contribution >= 4 is 23.5 Å². The molecule has 4 heteroatoms. The van der Waals surface area contributed by atoms with E-state index in [0.29, 0.717) is 11.6 Å². The van der Waals surface area contributed by atoms with E-state index in [4.69, 9.17) is 17.0 Å². The number of nitrogens with zero attached hydrogens (tertiary/aromatic N) is 2. The van der Waals surface area contributed by atoms with Crippen LogP contribution in [0.5, 0.6) is 0 Å². The van der Waals surface area contributed by atoms with Crippen LogP contribution >= 0.6 is 11.6 Å². The summed E-state index contributed by atoms with van der Waals surface area (Å²) < 4.78 is 0. The molecule has 0 heterocycles. The van der Waals surface area contributed by atoms with Crippen LogP contribution < -0.4 is 0 Å². The third-order valence-corrected chi connectivity index (χ3v) is 1.75. The Labute approximate surface area is 82.0 Å². The van der Waals surface area contributed by atoms with Crippen molar-refractivity contribution < 1.29 is 0 Å². The summed E-state index contributed by atoms with van der Waals surface area (Å²) in [5.41, 5.74) is 1.78. The van der Waals surface area contributed by atoms with E-state index in [1.54, 1.807) is 6.07 Å². The van der Waals surface area contributed by atoms with E-state index in [9.17, 15) is 0 Å². The van der Waals surface area contributed by atoms with Gasteiger partial charge in [-0.05, 0) is 30.7 Å². The first-order chi connectivity index (χ1) is 6.24. The normalized spacial score (nSPS) is 10.6. The Kier molecular flexibility index (Phi) is 3.58. The summed E-state index contributed by atoms with van der Waals surface area (Å²) in [5, 5.41) is 15.2. The molecule has 0 unspecified atom stereocenters. The second kappa shape index (κ2) is 4.72. The van der Waals surface area contributed by atoms with Crippen molar-refractivity contribution in [2.24, 2.45) is 10.2 Å². The summed E-state index contributed by atoms with van der Waals surface area (Å²) in [6, 6.07) is 5.42. The van der Waals surface area contributed by atoms with Crippen molar-refractivity contribution in [2.45, 2.75) is 6.92 Å². The number of aryl methyl sites for hydroxylation is 1. The molecule has 68 valence electrons. The van der Waals surface area contributed by atoms with Gasteiger partial charge in [-0.15, -0.1) is 0 Å². The van der Waals surface area contributed by atoms with Crippen molar-refractivity contribution in [1.29, 1.82) is 5.41 Å². The van der Waals surface area contributed by atoms with E-state index < -0.39 is 0 Å². The predicted molar refractivity (Wildman–Crippen MR) is 54.4 cm³/mol. The Balaban J connectivity index is 2.83. The molecule has 3 nitrogen and oxygen atoms in total. The van der Waals surface area contributed by atoms with Crippen molar-refractivity contribution in [3.8, 4) is 0 Å². The Morgan fingerprint density at radius 2 is 2.31 bits per heavy atom. The van der Waals surface area contributed by atoms with Crippen molar-refractivity contribution in [3.05, 3.63) is 28.8 Å². The van der Waals surface area contributed by atoms with E-state index in [-0.39, 0.29) is 0 Å². The minimum atomic E-state index is 0.321. The fraction of sp³-hybridized carbons (Fsp3) is 0.222. The number of azo groups is 1. The molecule has 0 aliphatic rings. The molecular formula is C9H10ClN3. The molecule has 0 amide bonds. The maximum Gasteiger partial charge on any atom is 0.0948 e. The van der Waals surface area contributed by atoms with Crippen molar-refractivity contribution in [1.82, 2.24) is 0 Å². The Morgan fingerprint density at radius 1 is 1.54 bits per heavy atom. The first-order valence-electron chi connectivity index (χ1n) is 3.86. The molecule has 1 aromatic carbocycles. The number of hydrogen-bond acceptors (Lipinski definition) is 3. The zero-order valence-corrected chi connectivity index (χ0v) is 8.04. The molecule has 0 radical (unpaired) electrons. The highest BCUT2D eigenvalue weighted by molar-refractivity contribution is 6.30. The molecule has 0 spiro atoms. The quantitative estimate of drug-likeness (QED) is 0.568. The van der Waals surface area contributed by atoms with Crippen LogP contribution in [0, 0.1) is 12.3 Å². The summed E-state index contributed by atoms with van der Waals surface area (Å²) in [4.78, 5) is 0. The van der Waals surface area contributed by atoms with E-state index in [1.807, 2.05) is 19.1 Å². The first kappa shape index (κ1) is 9.86. The van der Waals surface area contributed by atoms with Gasteiger partial charge in [0, 0.05) is 11.2 Å². The lowest BCUT2D eigenvalue weighted by Crippen LogP contribution is -1.77. The van der Waals surface area contributed by atoms with Crippen LogP contribution in [0.15, 0.2) is 28.4 Å². The smallest absolute Gasteiger partial charge is 0.0948 e. The molecule has 0 aliphatic carbocycles. The Bertz CT molecular complexity index is 334. The zero-order chi connectivity index (χ0) is 9.68. The van der Waals surface area contributed by atoms with Gasteiger partial charge in [-0.3, -0.25) is 0 Å². The standard InChI is InChI=1S/C9H10ClN3/c1-7-6-8(10)2-3-9(7)13-12-5-4-11/h2-4,6,11H,5H2,1H3. The summed E-state index contributed by atoms with van der Waals surface area (Å²) in [7, 11) is 0. The van der Waals surface area contributed by atoms with E-state index in [2.05, 4.69) is 10.2 Å². The second-order valence-electron chi connectivity index (χ2n) is 2.56. The fourth-order valence-electron chi connectivity index (χ4n) is 0.889. The van der Waals surface area contributed by atoms with Gasteiger partial charge in [0.15, 0.2) is 0 Å². The molecule has 0 aromatic heterocycles. The number of rotatable bonds is 3. The maximum absolute atomic E-state index is 6.76. The molecule has 0 saturated carbocycles. The van der Waals surface area contributed by atoms with Crippen LogP contribution in [-0.4, -0.2) is 12.8 Å². The molecule has 0 fully saturated rings. The van der Waals surface area contributed by atoms with E-state index in [0.717, 1.165) is 11.3 Å². The average Bonchev–Trinajstić information content (AvgIpc) is 2.09. The SMILES string of the molecule is Cc1cc(Cl)ccc1N=NCC=N. The summed E-state index contributed by atoms with van der Waals surface area (Å²) >= 11 is 5.77. The highest BCUT2D eigenvalue weighted by atomic mass is 35.5. The molecule has 0 aliphatic heterocycles. The van der Waals surface area contributed by atoms with Crippen LogP contribution in [0.25, 0.3) is 0 Å². The molecule has 1 rings (SSSR count). The number of hydrogen-bond donors (Lipinski definition) is 1. The molecule has 0 saturated heterocycles. The van der Waals surface area contributed by atoms with Gasteiger partial charge in [0.2, 0.25) is 0 Å². The van der Waals surface area contributed by atoms with E-state index in [1.165, 1.54) is 6.21 Å². The topological polar surface area (TPSA) is 48.6 Å². The monoisotopic (exact) mass is 195 g/mol. The van der Waals surface area contributed by atoms with Crippen LogP contribution in [-0.2, 0) is 0 Å². The molecule has 1 N–H and O–H groups in total. The number of benzene rings is 1. The third-order valence-electron chi connectivity index (χ3n) is 1.51. The van der Waals surface area contributed by atoms with Gasteiger partial charge in [-0.2, -0.15) is 10.2 Å². The van der Waals surface area contributed by atoms with Gasteiger partial charge in [0.05, 0.1) is 12.2 Å². The molecule has 0 atom stereocenters. The highest BCUT2D eigenvalue weighted by Crippen LogP contribution is 2.22. The Morgan fingerprint density at radius 3 is 2.92 bits per heavy atom. The van der Waals surface area contributed by atoms with E-state index >= 15 is 0 Å². The lowest BCUT2D eigenvalue weighted by atomic mass is 10.2. The van der Waals surface area contributed by atoms with Gasteiger partial charge < -0.3 is 5.41 Å². The molecule has 1 aromatic rings. The third kappa shape index (κ3) is 2.95. The Hall–Kier alpha value is -1.22. The summed E-state index contributed by atoms with van der Waals surface area (Å²) in [6.45, 7) is 2.24. The number of nitrogens with one attached hydrogen (secondary N) is 1. The average molecular weight is 196 g/mol. The van der Waals surface area contributed by atoms with Crippen LogP contribution in [0.4, 0.5) is 5.69 Å². The lowest BCUT2D eigenvalue weighted by molar-refractivity contribution is 1.10. The van der Waals surface area contributed by atoms with Gasteiger partial charge in [0.1, 0.15) is 0 Å². The van der Waals surface area contributed by atoms with Crippen LogP contribution in [0.3, 0.4) is 0 Å². The molecular weight excluding hydrogens is 186 g/mol. The highest BCUT2D eigenvalue weighted by Gasteiger charge is 1.96. The minimum absolute atomic E-state index is 0.321. The largest absolute Gasteiger partial charge is 0.311 e. The second-order valence-corrected chi connectivity index (χ2v) is 3.00. The van der Waals surface area contributed by atoms with Crippen molar-refractivity contribution in [3.63, 3.8) is 0 Å². The minimum Gasteiger partial charge on any atom is -0.311 e. The van der Waals surface area contributed by atoms with Gasteiger partial charge in [-0.1, -0.05) is 11.6 Å². The lowest BCUT2D eigenvalue weighted by Gasteiger charge is -1.97. The fourth-order valence-corrected chi connectivity index (χ4v) is 1.12. The molecule has 13 heavy (non-hydrogen) atoms. The van der Waals surface area contributed by atoms with Gasteiger partial charge >= 0.3 is 0 Å². The number of halogens is 1. The van der Waals surface area contributed by atoms with Crippen LogP contribution in [0.1, 0.15) is 5.56 Å². The predicted octanol–water partition coefficient (Wildman–Crippen LogP) is 3.38. The van der Waals surface area contributed by atoms with Crippen molar-refractivity contribution in [2.75, 3.05) is 6.54 Å². The van der Waals surface area contributed by atoms with Gasteiger partial charge in [0.25, 0.3) is 0 Å². The maximum atomic E-state index is 6.76. The van der Waals surface area contributed by atoms with Crippen LogP contribution in [0.2, 0.25) is 5.02 Å². The van der Waals surface area contributed by atoms with Gasteiger partial charge in [-0.25, -0.2) is 0 Å². The summed E-state index contributed by atoms with van der Waals surface area (Å²) in [5.74, 6) is 0. The molecule has 0 bridgehead atoms. The summed E-state index contributed by atoms with van der Waals surface area (Å²) in [6.07, 6.45) is 1.20. The zero-order valence-electron chi connectivity index (χ0n) is 7.29. The first-order valence-corrected chi connectivity index (χ1v) is 4.24.